The smallest absolute Gasteiger partial charge is 0.0486 e. The van der Waals surface area contributed by atoms with E-state index in [2.05, 4.69) is 53.8 Å². The number of aryl methyl sites for hydroxylation is 1. The first-order chi connectivity index (χ1) is 8.20. The van der Waals surface area contributed by atoms with E-state index in [0.717, 1.165) is 19.6 Å². The average molecular weight is 233 g/mol. The fourth-order valence-corrected chi connectivity index (χ4v) is 2.53. The van der Waals surface area contributed by atoms with Gasteiger partial charge in [0.05, 0.1) is 0 Å². The van der Waals surface area contributed by atoms with Gasteiger partial charge in [-0.3, -0.25) is 0 Å². The molecule has 2 unspecified atom stereocenters. The van der Waals surface area contributed by atoms with E-state index in [-0.39, 0.29) is 0 Å². The molecule has 1 saturated heterocycles. The fraction of sp³-hybridized carbons (Fsp3) is 0.571. The molecule has 1 aromatic carbocycles. The van der Waals surface area contributed by atoms with Crippen molar-refractivity contribution in [3.8, 4) is 0 Å². The molecule has 2 rings (SSSR count). The summed E-state index contributed by atoms with van der Waals surface area (Å²) in [5, 5.41) is 7.05. The quantitative estimate of drug-likeness (QED) is 0.820. The van der Waals surface area contributed by atoms with Gasteiger partial charge in [-0.15, -0.1) is 0 Å². The minimum absolute atomic E-state index is 0.387. The van der Waals surface area contributed by atoms with Gasteiger partial charge in [-0.2, -0.15) is 0 Å². The van der Waals surface area contributed by atoms with Gasteiger partial charge in [-0.1, -0.05) is 29.8 Å². The Balaban J connectivity index is 2.12. The predicted octanol–water partition coefficient (Wildman–Crippen LogP) is 1.16. The molecular weight excluding hydrogens is 210 g/mol. The highest BCUT2D eigenvalue weighted by atomic mass is 15.2. The lowest BCUT2D eigenvalue weighted by Gasteiger charge is -2.36. The molecular formula is C14H23N3. The van der Waals surface area contributed by atoms with Gasteiger partial charge in [0.15, 0.2) is 0 Å². The Kier molecular flexibility index (Phi) is 4.15. The lowest BCUT2D eigenvalue weighted by Crippen LogP contribution is -2.54. The van der Waals surface area contributed by atoms with Gasteiger partial charge in [-0.25, -0.2) is 0 Å². The summed E-state index contributed by atoms with van der Waals surface area (Å²) in [5.74, 6) is 0. The van der Waals surface area contributed by atoms with Gasteiger partial charge in [0.1, 0.15) is 0 Å². The van der Waals surface area contributed by atoms with Gasteiger partial charge in [0.25, 0.3) is 0 Å². The molecule has 0 amide bonds. The highest BCUT2D eigenvalue weighted by Crippen LogP contribution is 2.19. The van der Waals surface area contributed by atoms with Crippen molar-refractivity contribution < 1.29 is 0 Å². The van der Waals surface area contributed by atoms with Crippen LogP contribution in [0.15, 0.2) is 24.3 Å². The molecule has 0 aliphatic carbocycles. The second-order valence-corrected chi connectivity index (χ2v) is 5.00. The molecule has 1 fully saturated rings. The van der Waals surface area contributed by atoms with Crippen LogP contribution in [0.1, 0.15) is 17.2 Å². The minimum atomic E-state index is 0.387. The Morgan fingerprint density at radius 3 is 2.65 bits per heavy atom. The predicted molar refractivity (Wildman–Crippen MR) is 72.3 cm³/mol. The SMILES string of the molecule is CNC(c1ccc(C)cc1)C1CN(C)CCN1. The molecule has 0 spiro atoms. The van der Waals surface area contributed by atoms with E-state index in [1.807, 2.05) is 7.05 Å². The Hall–Kier alpha value is -0.900. The Bertz CT molecular complexity index is 347. The van der Waals surface area contributed by atoms with Gasteiger partial charge in [0.2, 0.25) is 0 Å². The Morgan fingerprint density at radius 2 is 2.06 bits per heavy atom. The number of hydrogen-bond acceptors (Lipinski definition) is 3. The van der Waals surface area contributed by atoms with Crippen LogP contribution >= 0.6 is 0 Å². The summed E-state index contributed by atoms with van der Waals surface area (Å²) in [7, 11) is 4.23. The first-order valence-corrected chi connectivity index (χ1v) is 6.36. The van der Waals surface area contributed by atoms with Crippen LogP contribution in [0, 0.1) is 6.92 Å². The maximum atomic E-state index is 3.61. The van der Waals surface area contributed by atoms with Gasteiger partial charge < -0.3 is 15.5 Å². The summed E-state index contributed by atoms with van der Waals surface area (Å²) in [6, 6.07) is 9.71. The Labute approximate surface area is 104 Å². The summed E-state index contributed by atoms with van der Waals surface area (Å²) < 4.78 is 0. The number of piperazine rings is 1. The fourth-order valence-electron chi connectivity index (χ4n) is 2.53. The van der Waals surface area contributed by atoms with Crippen molar-refractivity contribution in [2.45, 2.75) is 19.0 Å². The molecule has 0 saturated carbocycles. The van der Waals surface area contributed by atoms with Gasteiger partial charge >= 0.3 is 0 Å². The zero-order valence-corrected chi connectivity index (χ0v) is 11.0. The third-order valence-corrected chi connectivity index (χ3v) is 3.56. The molecule has 1 aliphatic rings. The standard InChI is InChI=1S/C14H23N3/c1-11-4-6-12(7-5-11)14(15-2)13-10-17(3)9-8-16-13/h4-7,13-16H,8-10H2,1-3H3. The monoisotopic (exact) mass is 233 g/mol. The molecule has 0 aromatic heterocycles. The maximum absolute atomic E-state index is 3.61. The number of nitrogens with zero attached hydrogens (tertiary/aromatic N) is 1. The van der Waals surface area contributed by atoms with Crippen LogP contribution in [-0.4, -0.2) is 44.7 Å². The van der Waals surface area contributed by atoms with Crippen LogP contribution in [0.2, 0.25) is 0 Å². The number of likely N-dealkylation sites (N-methyl/N-ethyl adjacent to an activating group) is 2. The third kappa shape index (κ3) is 3.06. The van der Waals surface area contributed by atoms with Crippen molar-refractivity contribution in [2.75, 3.05) is 33.7 Å². The molecule has 3 heteroatoms. The molecule has 1 aliphatic heterocycles. The topological polar surface area (TPSA) is 27.3 Å². The van der Waals surface area contributed by atoms with Crippen LogP contribution in [0.5, 0.6) is 0 Å². The number of nitrogens with one attached hydrogen (secondary N) is 2. The van der Waals surface area contributed by atoms with E-state index in [4.69, 9.17) is 0 Å². The normalized spacial score (nSPS) is 23.6. The molecule has 2 atom stereocenters. The van der Waals surface area contributed by atoms with Crippen molar-refractivity contribution in [3.63, 3.8) is 0 Å². The molecule has 2 N–H and O–H groups in total. The largest absolute Gasteiger partial charge is 0.312 e. The van der Waals surface area contributed by atoms with Crippen molar-refractivity contribution in [1.29, 1.82) is 0 Å². The number of benzene rings is 1. The number of rotatable bonds is 3. The minimum Gasteiger partial charge on any atom is -0.312 e. The second kappa shape index (κ2) is 5.63. The summed E-state index contributed by atoms with van der Waals surface area (Å²) >= 11 is 0. The van der Waals surface area contributed by atoms with Crippen LogP contribution in [-0.2, 0) is 0 Å². The third-order valence-electron chi connectivity index (χ3n) is 3.56. The zero-order valence-electron chi connectivity index (χ0n) is 11.0. The Morgan fingerprint density at radius 1 is 1.35 bits per heavy atom. The van der Waals surface area contributed by atoms with Crippen molar-refractivity contribution >= 4 is 0 Å². The highest BCUT2D eigenvalue weighted by Gasteiger charge is 2.25. The molecule has 3 nitrogen and oxygen atoms in total. The van der Waals surface area contributed by atoms with Gasteiger partial charge in [0, 0.05) is 31.7 Å². The average Bonchev–Trinajstić information content (AvgIpc) is 2.33. The van der Waals surface area contributed by atoms with E-state index in [9.17, 15) is 0 Å². The van der Waals surface area contributed by atoms with E-state index in [1.54, 1.807) is 0 Å². The molecule has 0 radical (unpaired) electrons. The first kappa shape index (κ1) is 12.6. The lowest BCUT2D eigenvalue weighted by atomic mass is 9.97. The van der Waals surface area contributed by atoms with Crippen molar-refractivity contribution in [3.05, 3.63) is 35.4 Å². The summed E-state index contributed by atoms with van der Waals surface area (Å²) in [6.45, 7) is 5.44. The van der Waals surface area contributed by atoms with Crippen LogP contribution < -0.4 is 10.6 Å². The second-order valence-electron chi connectivity index (χ2n) is 5.00. The molecule has 94 valence electrons. The number of hydrogen-bond donors (Lipinski definition) is 2. The van der Waals surface area contributed by atoms with Crippen LogP contribution in [0.25, 0.3) is 0 Å². The van der Waals surface area contributed by atoms with E-state index >= 15 is 0 Å². The highest BCUT2D eigenvalue weighted by molar-refractivity contribution is 5.25. The summed E-state index contributed by atoms with van der Waals surface area (Å²) in [4.78, 5) is 2.39. The molecule has 1 heterocycles. The van der Waals surface area contributed by atoms with Crippen LogP contribution in [0.3, 0.4) is 0 Å². The lowest BCUT2D eigenvalue weighted by molar-refractivity contribution is 0.210. The maximum Gasteiger partial charge on any atom is 0.0486 e. The molecule has 0 bridgehead atoms. The zero-order chi connectivity index (χ0) is 12.3. The van der Waals surface area contributed by atoms with E-state index in [0.29, 0.717) is 12.1 Å². The van der Waals surface area contributed by atoms with Crippen molar-refractivity contribution in [2.24, 2.45) is 0 Å². The van der Waals surface area contributed by atoms with Crippen molar-refractivity contribution in [1.82, 2.24) is 15.5 Å². The van der Waals surface area contributed by atoms with E-state index < -0.39 is 0 Å². The van der Waals surface area contributed by atoms with E-state index in [1.165, 1.54) is 11.1 Å². The summed E-state index contributed by atoms with van der Waals surface area (Å²) in [6.07, 6.45) is 0. The first-order valence-electron chi connectivity index (χ1n) is 6.36. The van der Waals surface area contributed by atoms with Gasteiger partial charge in [-0.05, 0) is 26.6 Å². The molecule has 17 heavy (non-hydrogen) atoms. The summed E-state index contributed by atoms with van der Waals surface area (Å²) in [5.41, 5.74) is 2.68. The molecule has 1 aromatic rings. The van der Waals surface area contributed by atoms with Crippen LogP contribution in [0.4, 0.5) is 0 Å².